The van der Waals surface area contributed by atoms with Gasteiger partial charge >= 0.3 is 0 Å². The summed E-state index contributed by atoms with van der Waals surface area (Å²) >= 11 is 0. The molecule has 0 bridgehead atoms. The van der Waals surface area contributed by atoms with Gasteiger partial charge in [-0.05, 0) is 42.6 Å². The van der Waals surface area contributed by atoms with E-state index in [9.17, 15) is 0 Å². The second-order valence-corrected chi connectivity index (χ2v) is 10.2. The molecule has 2 aliphatic carbocycles. The minimum absolute atomic E-state index is 0.166. The number of hydrogen-bond acceptors (Lipinski definition) is 0. The standard InChI is InChI=1S/C20H31P/c1-17(18-11-5-2-6-12-18)21(19-13-7-3-8-14-19)20-15-9-4-10-16-20/h2,5-6,11-12,17,19-20H,3-4,7-10,13-16H2,1H3/t17-/m1/s1. The third kappa shape index (κ3) is 3.89. The van der Waals surface area contributed by atoms with E-state index in [1.807, 2.05) is 0 Å². The van der Waals surface area contributed by atoms with Crippen molar-refractivity contribution in [1.29, 1.82) is 0 Å². The molecule has 0 heterocycles. The molecule has 1 aromatic rings. The Labute approximate surface area is 132 Å². The van der Waals surface area contributed by atoms with Gasteiger partial charge in [-0.1, -0.05) is 83.7 Å². The zero-order valence-corrected chi connectivity index (χ0v) is 14.5. The van der Waals surface area contributed by atoms with Crippen LogP contribution in [-0.2, 0) is 0 Å². The Morgan fingerprint density at radius 3 is 1.71 bits per heavy atom. The molecule has 0 saturated heterocycles. The van der Waals surface area contributed by atoms with Crippen molar-refractivity contribution in [2.45, 2.75) is 88.1 Å². The molecular weight excluding hydrogens is 271 g/mol. The van der Waals surface area contributed by atoms with E-state index < -0.39 is 0 Å². The first-order valence-corrected chi connectivity index (χ1v) is 10.7. The van der Waals surface area contributed by atoms with Crippen LogP contribution in [0.25, 0.3) is 0 Å². The van der Waals surface area contributed by atoms with E-state index in [-0.39, 0.29) is 7.92 Å². The molecule has 1 heteroatoms. The lowest BCUT2D eigenvalue weighted by Gasteiger charge is -2.42. The smallest absolute Gasteiger partial charge is 0.00184 e. The first-order valence-electron chi connectivity index (χ1n) is 9.18. The Bertz CT molecular complexity index is 383. The lowest BCUT2D eigenvalue weighted by molar-refractivity contribution is 0.481. The highest BCUT2D eigenvalue weighted by Gasteiger charge is 2.34. The molecule has 0 aromatic heterocycles. The Morgan fingerprint density at radius 2 is 1.24 bits per heavy atom. The van der Waals surface area contributed by atoms with Crippen molar-refractivity contribution in [3.63, 3.8) is 0 Å². The molecule has 1 aromatic carbocycles. The van der Waals surface area contributed by atoms with E-state index >= 15 is 0 Å². The fraction of sp³-hybridized carbons (Fsp3) is 0.700. The lowest BCUT2D eigenvalue weighted by Crippen LogP contribution is -2.22. The maximum atomic E-state index is 2.55. The number of rotatable bonds is 4. The molecule has 0 spiro atoms. The highest BCUT2D eigenvalue weighted by Crippen LogP contribution is 2.64. The largest absolute Gasteiger partial charge is 0.0929 e. The molecule has 21 heavy (non-hydrogen) atoms. The van der Waals surface area contributed by atoms with Crippen LogP contribution in [0.5, 0.6) is 0 Å². The summed E-state index contributed by atoms with van der Waals surface area (Å²) in [5, 5.41) is 0. The molecule has 0 radical (unpaired) electrons. The quantitative estimate of drug-likeness (QED) is 0.531. The van der Waals surface area contributed by atoms with Crippen molar-refractivity contribution in [3.05, 3.63) is 35.9 Å². The Hall–Kier alpha value is -0.350. The third-order valence-corrected chi connectivity index (χ3v) is 9.63. The summed E-state index contributed by atoms with van der Waals surface area (Å²) in [5.74, 6) is 0. The minimum Gasteiger partial charge on any atom is -0.0929 e. The van der Waals surface area contributed by atoms with Crippen LogP contribution in [0, 0.1) is 0 Å². The van der Waals surface area contributed by atoms with Gasteiger partial charge in [0.15, 0.2) is 0 Å². The maximum absolute atomic E-state index is 2.55. The van der Waals surface area contributed by atoms with Gasteiger partial charge in [0.05, 0.1) is 0 Å². The van der Waals surface area contributed by atoms with Gasteiger partial charge in [0.1, 0.15) is 0 Å². The summed E-state index contributed by atoms with van der Waals surface area (Å²) in [6.07, 6.45) is 15.1. The molecule has 1 atom stereocenters. The van der Waals surface area contributed by atoms with Gasteiger partial charge in [0.25, 0.3) is 0 Å². The van der Waals surface area contributed by atoms with Crippen LogP contribution in [-0.4, -0.2) is 11.3 Å². The fourth-order valence-corrected chi connectivity index (χ4v) is 8.89. The highest BCUT2D eigenvalue weighted by atomic mass is 31.1. The van der Waals surface area contributed by atoms with Crippen LogP contribution < -0.4 is 0 Å². The predicted molar refractivity (Wildman–Crippen MR) is 95.5 cm³/mol. The predicted octanol–water partition coefficient (Wildman–Crippen LogP) is 6.89. The SMILES string of the molecule is C[C@H](c1ccccc1)P(C1CCCCC1)C1CCCCC1. The van der Waals surface area contributed by atoms with E-state index in [0.29, 0.717) is 0 Å². The van der Waals surface area contributed by atoms with E-state index in [2.05, 4.69) is 37.3 Å². The zero-order valence-electron chi connectivity index (χ0n) is 13.6. The van der Waals surface area contributed by atoms with Crippen molar-refractivity contribution >= 4 is 7.92 Å². The fourth-order valence-electron chi connectivity index (χ4n) is 4.59. The molecule has 0 aliphatic heterocycles. The third-order valence-electron chi connectivity index (χ3n) is 5.72. The lowest BCUT2D eigenvalue weighted by atomic mass is 9.99. The summed E-state index contributed by atoms with van der Waals surface area (Å²) in [6, 6.07) is 11.4. The summed E-state index contributed by atoms with van der Waals surface area (Å²) in [4.78, 5) is 0. The zero-order chi connectivity index (χ0) is 14.5. The van der Waals surface area contributed by atoms with Crippen molar-refractivity contribution in [2.75, 3.05) is 0 Å². The number of hydrogen-bond donors (Lipinski definition) is 0. The van der Waals surface area contributed by atoms with Crippen LogP contribution in [0.2, 0.25) is 0 Å². The average Bonchev–Trinajstić information content (AvgIpc) is 2.58. The van der Waals surface area contributed by atoms with Gasteiger partial charge in [-0.3, -0.25) is 0 Å². The summed E-state index contributed by atoms with van der Waals surface area (Å²) in [7, 11) is 0.166. The highest BCUT2D eigenvalue weighted by molar-refractivity contribution is 7.59. The molecular formula is C20H31P. The maximum Gasteiger partial charge on any atom is 0.00184 e. The van der Waals surface area contributed by atoms with Crippen LogP contribution in [0.3, 0.4) is 0 Å². The minimum atomic E-state index is 0.166. The van der Waals surface area contributed by atoms with Crippen molar-refractivity contribution in [2.24, 2.45) is 0 Å². The van der Waals surface area contributed by atoms with Gasteiger partial charge in [0.2, 0.25) is 0 Å². The van der Waals surface area contributed by atoms with E-state index in [4.69, 9.17) is 0 Å². The average molecular weight is 302 g/mol. The first kappa shape index (κ1) is 15.5. The molecule has 0 amide bonds. The molecule has 0 N–H and O–H groups in total. The molecule has 2 fully saturated rings. The van der Waals surface area contributed by atoms with Gasteiger partial charge in [-0.25, -0.2) is 0 Å². The van der Waals surface area contributed by atoms with Crippen molar-refractivity contribution < 1.29 is 0 Å². The van der Waals surface area contributed by atoms with Crippen LogP contribution >= 0.6 is 7.92 Å². The Morgan fingerprint density at radius 1 is 0.762 bits per heavy atom. The number of benzene rings is 1. The van der Waals surface area contributed by atoms with Gasteiger partial charge in [0, 0.05) is 5.66 Å². The molecule has 2 saturated carbocycles. The molecule has 3 rings (SSSR count). The molecule has 116 valence electrons. The van der Waals surface area contributed by atoms with Crippen LogP contribution in [0.1, 0.15) is 82.4 Å². The second-order valence-electron chi connectivity index (χ2n) is 7.12. The molecule has 0 unspecified atom stereocenters. The van der Waals surface area contributed by atoms with Gasteiger partial charge in [-0.15, -0.1) is 0 Å². The molecule has 2 aliphatic rings. The first-order chi connectivity index (χ1) is 10.4. The van der Waals surface area contributed by atoms with Crippen LogP contribution in [0.4, 0.5) is 0 Å². The normalized spacial score (nSPS) is 23.3. The van der Waals surface area contributed by atoms with E-state index in [0.717, 1.165) is 17.0 Å². The molecule has 0 nitrogen and oxygen atoms in total. The summed E-state index contributed by atoms with van der Waals surface area (Å²) in [5.41, 5.74) is 4.55. The van der Waals surface area contributed by atoms with Crippen molar-refractivity contribution in [1.82, 2.24) is 0 Å². The van der Waals surface area contributed by atoms with Crippen LogP contribution in [0.15, 0.2) is 30.3 Å². The Balaban J connectivity index is 1.80. The van der Waals surface area contributed by atoms with E-state index in [1.54, 1.807) is 5.56 Å². The second kappa shape index (κ2) is 7.77. The summed E-state index contributed by atoms with van der Waals surface area (Å²) in [6.45, 7) is 2.55. The monoisotopic (exact) mass is 302 g/mol. The Kier molecular flexibility index (Phi) is 5.75. The van der Waals surface area contributed by atoms with Crippen molar-refractivity contribution in [3.8, 4) is 0 Å². The summed E-state index contributed by atoms with van der Waals surface area (Å²) < 4.78 is 0. The topological polar surface area (TPSA) is 0 Å². The van der Waals surface area contributed by atoms with Gasteiger partial charge < -0.3 is 0 Å². The van der Waals surface area contributed by atoms with Gasteiger partial charge in [-0.2, -0.15) is 0 Å². The van der Waals surface area contributed by atoms with E-state index in [1.165, 1.54) is 64.2 Å².